The highest BCUT2D eigenvalue weighted by Crippen LogP contribution is 2.27. The number of alkyl carbamates (subject to hydrolysis) is 1. The Kier molecular flexibility index (Phi) is 5.93. The van der Waals surface area contributed by atoms with Gasteiger partial charge in [-0.3, -0.25) is 0 Å². The molecular formula is C14H28N2O2. The smallest absolute Gasteiger partial charge is 0.407 e. The first-order valence-electron chi connectivity index (χ1n) is 7.12. The second-order valence-electron chi connectivity index (χ2n) is 6.09. The summed E-state index contributed by atoms with van der Waals surface area (Å²) in [4.78, 5) is 11.4. The number of amides is 1. The van der Waals surface area contributed by atoms with Gasteiger partial charge in [0.25, 0.3) is 0 Å². The van der Waals surface area contributed by atoms with Crippen molar-refractivity contribution in [2.75, 3.05) is 13.1 Å². The Labute approximate surface area is 111 Å². The Balaban J connectivity index is 2.10. The monoisotopic (exact) mass is 256 g/mol. The molecule has 0 saturated heterocycles. The molecule has 1 fully saturated rings. The summed E-state index contributed by atoms with van der Waals surface area (Å²) in [5.41, 5.74) is -0.420. The van der Waals surface area contributed by atoms with Crippen molar-refractivity contribution in [2.45, 2.75) is 65.0 Å². The third kappa shape index (κ3) is 5.71. The summed E-state index contributed by atoms with van der Waals surface area (Å²) in [6, 6.07) is 0.635. The lowest BCUT2D eigenvalue weighted by atomic mass is 10.0. The van der Waals surface area contributed by atoms with Gasteiger partial charge in [-0.25, -0.2) is 4.79 Å². The summed E-state index contributed by atoms with van der Waals surface area (Å²) >= 11 is 0. The van der Waals surface area contributed by atoms with Crippen molar-refractivity contribution in [3.8, 4) is 0 Å². The zero-order valence-corrected chi connectivity index (χ0v) is 12.2. The number of ether oxygens (including phenoxy) is 1. The van der Waals surface area contributed by atoms with Crippen molar-refractivity contribution in [1.82, 2.24) is 10.6 Å². The van der Waals surface area contributed by atoms with Crippen LogP contribution in [-0.4, -0.2) is 30.8 Å². The van der Waals surface area contributed by atoms with E-state index in [1.165, 1.54) is 25.7 Å². The van der Waals surface area contributed by atoms with Crippen LogP contribution in [0.4, 0.5) is 4.79 Å². The first-order chi connectivity index (χ1) is 8.42. The van der Waals surface area contributed by atoms with Gasteiger partial charge in [-0.2, -0.15) is 0 Å². The van der Waals surface area contributed by atoms with Crippen molar-refractivity contribution in [1.29, 1.82) is 0 Å². The highest BCUT2D eigenvalue weighted by molar-refractivity contribution is 5.67. The lowest BCUT2D eigenvalue weighted by molar-refractivity contribution is 0.0528. The third-order valence-electron chi connectivity index (χ3n) is 3.38. The number of hydrogen-bond donors (Lipinski definition) is 2. The minimum Gasteiger partial charge on any atom is -0.444 e. The Bertz CT molecular complexity index is 261. The van der Waals surface area contributed by atoms with E-state index in [0.29, 0.717) is 12.6 Å². The van der Waals surface area contributed by atoms with E-state index in [1.807, 2.05) is 20.8 Å². The molecule has 0 radical (unpaired) electrons. The molecule has 0 aliphatic heterocycles. The topological polar surface area (TPSA) is 50.4 Å². The average Bonchev–Trinajstić information content (AvgIpc) is 2.69. The second kappa shape index (κ2) is 6.98. The summed E-state index contributed by atoms with van der Waals surface area (Å²) in [6.07, 6.45) is 4.86. The van der Waals surface area contributed by atoms with Crippen LogP contribution in [0.15, 0.2) is 0 Å². The van der Waals surface area contributed by atoms with E-state index in [0.717, 1.165) is 12.5 Å². The zero-order chi connectivity index (χ0) is 13.6. The predicted molar refractivity (Wildman–Crippen MR) is 73.7 cm³/mol. The Hall–Kier alpha value is -0.770. The van der Waals surface area contributed by atoms with E-state index >= 15 is 0 Å². The van der Waals surface area contributed by atoms with Crippen molar-refractivity contribution >= 4 is 6.09 Å². The normalized spacial score (nSPS) is 24.0. The van der Waals surface area contributed by atoms with Gasteiger partial charge < -0.3 is 15.4 Å². The van der Waals surface area contributed by atoms with Crippen LogP contribution in [0.5, 0.6) is 0 Å². The standard InChI is InChI=1S/C14H28N2O2/c1-5-11-7-6-8-12(11)15-9-10-16-13(17)18-14(2,3)4/h11-12,15H,5-10H2,1-4H3,(H,16,17). The average molecular weight is 256 g/mol. The maximum Gasteiger partial charge on any atom is 0.407 e. The fourth-order valence-electron chi connectivity index (χ4n) is 2.53. The van der Waals surface area contributed by atoms with Gasteiger partial charge >= 0.3 is 6.09 Å². The van der Waals surface area contributed by atoms with Crippen LogP contribution in [-0.2, 0) is 4.74 Å². The van der Waals surface area contributed by atoms with Gasteiger partial charge in [0.05, 0.1) is 0 Å². The van der Waals surface area contributed by atoms with E-state index in [1.54, 1.807) is 0 Å². The molecule has 1 aliphatic carbocycles. The van der Waals surface area contributed by atoms with Gasteiger partial charge in [-0.05, 0) is 39.5 Å². The molecule has 0 spiro atoms. The van der Waals surface area contributed by atoms with Crippen LogP contribution >= 0.6 is 0 Å². The molecule has 0 aromatic rings. The van der Waals surface area contributed by atoms with E-state index in [4.69, 9.17) is 4.74 Å². The zero-order valence-electron chi connectivity index (χ0n) is 12.2. The lowest BCUT2D eigenvalue weighted by Crippen LogP contribution is -2.40. The fourth-order valence-corrected chi connectivity index (χ4v) is 2.53. The van der Waals surface area contributed by atoms with Crippen molar-refractivity contribution in [2.24, 2.45) is 5.92 Å². The molecule has 2 atom stereocenters. The molecule has 4 nitrogen and oxygen atoms in total. The SMILES string of the molecule is CCC1CCCC1NCCNC(=O)OC(C)(C)C. The van der Waals surface area contributed by atoms with E-state index < -0.39 is 5.60 Å². The Morgan fingerprint density at radius 1 is 1.28 bits per heavy atom. The quantitative estimate of drug-likeness (QED) is 0.744. The van der Waals surface area contributed by atoms with Gasteiger partial charge in [-0.1, -0.05) is 19.8 Å². The third-order valence-corrected chi connectivity index (χ3v) is 3.38. The summed E-state index contributed by atoms with van der Waals surface area (Å²) in [6.45, 7) is 9.31. The fraction of sp³-hybridized carbons (Fsp3) is 0.929. The summed E-state index contributed by atoms with van der Waals surface area (Å²) in [7, 11) is 0. The van der Waals surface area contributed by atoms with Gasteiger partial charge in [-0.15, -0.1) is 0 Å². The molecule has 0 heterocycles. The van der Waals surface area contributed by atoms with Crippen LogP contribution in [0.2, 0.25) is 0 Å². The molecule has 106 valence electrons. The number of carbonyl (C=O) groups excluding carboxylic acids is 1. The molecular weight excluding hydrogens is 228 g/mol. The molecule has 0 aromatic heterocycles. The number of rotatable bonds is 5. The van der Waals surface area contributed by atoms with Crippen LogP contribution in [0.3, 0.4) is 0 Å². The first-order valence-corrected chi connectivity index (χ1v) is 7.12. The maximum absolute atomic E-state index is 11.4. The number of nitrogens with one attached hydrogen (secondary N) is 2. The minimum atomic E-state index is -0.420. The second-order valence-corrected chi connectivity index (χ2v) is 6.09. The molecule has 4 heteroatoms. The molecule has 0 bridgehead atoms. The largest absolute Gasteiger partial charge is 0.444 e. The molecule has 18 heavy (non-hydrogen) atoms. The maximum atomic E-state index is 11.4. The molecule has 2 unspecified atom stereocenters. The van der Waals surface area contributed by atoms with Crippen LogP contribution in [0.25, 0.3) is 0 Å². The van der Waals surface area contributed by atoms with E-state index in [-0.39, 0.29) is 6.09 Å². The van der Waals surface area contributed by atoms with Gasteiger partial charge in [0, 0.05) is 19.1 Å². The van der Waals surface area contributed by atoms with Gasteiger partial charge in [0.15, 0.2) is 0 Å². The first kappa shape index (κ1) is 15.3. The van der Waals surface area contributed by atoms with Crippen molar-refractivity contribution < 1.29 is 9.53 Å². The number of carbonyl (C=O) groups is 1. The predicted octanol–water partition coefficient (Wildman–Crippen LogP) is 2.68. The number of hydrogen-bond acceptors (Lipinski definition) is 3. The van der Waals surface area contributed by atoms with E-state index in [2.05, 4.69) is 17.6 Å². The highest BCUT2D eigenvalue weighted by atomic mass is 16.6. The minimum absolute atomic E-state index is 0.331. The summed E-state index contributed by atoms with van der Waals surface area (Å²) < 4.78 is 5.17. The molecule has 0 aromatic carbocycles. The Morgan fingerprint density at radius 2 is 2.00 bits per heavy atom. The molecule has 2 N–H and O–H groups in total. The van der Waals surface area contributed by atoms with Crippen LogP contribution in [0.1, 0.15) is 53.4 Å². The molecule has 1 amide bonds. The molecule has 1 saturated carbocycles. The highest BCUT2D eigenvalue weighted by Gasteiger charge is 2.24. The van der Waals surface area contributed by atoms with Gasteiger partial charge in [0.1, 0.15) is 5.60 Å². The van der Waals surface area contributed by atoms with Crippen molar-refractivity contribution in [3.05, 3.63) is 0 Å². The lowest BCUT2D eigenvalue weighted by Gasteiger charge is -2.21. The van der Waals surface area contributed by atoms with Crippen LogP contribution < -0.4 is 10.6 Å². The Morgan fingerprint density at radius 3 is 2.61 bits per heavy atom. The summed E-state index contributed by atoms with van der Waals surface area (Å²) in [5.74, 6) is 0.812. The van der Waals surface area contributed by atoms with Gasteiger partial charge in [0.2, 0.25) is 0 Å². The van der Waals surface area contributed by atoms with Crippen LogP contribution in [0, 0.1) is 5.92 Å². The molecule has 1 aliphatic rings. The summed E-state index contributed by atoms with van der Waals surface area (Å²) in [5, 5.41) is 6.30. The van der Waals surface area contributed by atoms with E-state index in [9.17, 15) is 4.79 Å². The van der Waals surface area contributed by atoms with Crippen molar-refractivity contribution in [3.63, 3.8) is 0 Å². The molecule has 1 rings (SSSR count).